The lowest BCUT2D eigenvalue weighted by Gasteiger charge is -2.22. The van der Waals surface area contributed by atoms with E-state index in [2.05, 4.69) is 15.2 Å². The second-order valence-corrected chi connectivity index (χ2v) is 6.50. The van der Waals surface area contributed by atoms with Crippen LogP contribution in [0.25, 0.3) is 11.6 Å². The van der Waals surface area contributed by atoms with Crippen molar-refractivity contribution >= 4 is 5.91 Å². The smallest absolute Gasteiger partial charge is 0.266 e. The molecule has 1 atom stereocenters. The molecule has 1 fully saturated rings. The highest BCUT2D eigenvalue weighted by atomic mass is 19.1. The summed E-state index contributed by atoms with van der Waals surface area (Å²) >= 11 is 0. The van der Waals surface area contributed by atoms with Crippen molar-refractivity contribution in [2.75, 3.05) is 6.54 Å². The molecule has 7 heteroatoms. The molecule has 1 aliphatic rings. The lowest BCUT2D eigenvalue weighted by atomic mass is 10.1. The van der Waals surface area contributed by atoms with E-state index in [1.807, 2.05) is 12.1 Å². The molecule has 0 spiro atoms. The first kappa shape index (κ1) is 17.3. The normalized spacial score (nSPS) is 16.6. The highest BCUT2D eigenvalue weighted by molar-refractivity contribution is 5.77. The number of benzene rings is 1. The molecule has 3 aromatic rings. The van der Waals surface area contributed by atoms with Crippen LogP contribution in [0.2, 0.25) is 0 Å². The van der Waals surface area contributed by atoms with Crippen molar-refractivity contribution in [1.82, 2.24) is 20.1 Å². The van der Waals surface area contributed by atoms with Crippen molar-refractivity contribution in [2.45, 2.75) is 31.7 Å². The van der Waals surface area contributed by atoms with E-state index in [1.165, 1.54) is 6.07 Å². The Balaban J connectivity index is 1.45. The van der Waals surface area contributed by atoms with E-state index in [-0.39, 0.29) is 24.2 Å². The Labute approximate surface area is 156 Å². The van der Waals surface area contributed by atoms with Crippen molar-refractivity contribution in [3.63, 3.8) is 0 Å². The number of hydrogen-bond donors (Lipinski definition) is 0. The number of pyridine rings is 1. The molecular formula is C20H19FN4O2. The summed E-state index contributed by atoms with van der Waals surface area (Å²) in [5.41, 5.74) is 1.16. The summed E-state index contributed by atoms with van der Waals surface area (Å²) < 4.78 is 19.5. The minimum atomic E-state index is -0.278. The Kier molecular flexibility index (Phi) is 4.91. The Morgan fingerprint density at radius 1 is 1.19 bits per heavy atom. The first-order chi connectivity index (χ1) is 13.2. The van der Waals surface area contributed by atoms with Gasteiger partial charge < -0.3 is 9.32 Å². The molecule has 1 unspecified atom stereocenters. The molecule has 1 aliphatic heterocycles. The maximum Gasteiger partial charge on any atom is 0.266 e. The fourth-order valence-corrected chi connectivity index (χ4v) is 3.37. The maximum absolute atomic E-state index is 13.8. The zero-order valence-corrected chi connectivity index (χ0v) is 14.7. The van der Waals surface area contributed by atoms with E-state index in [0.29, 0.717) is 36.0 Å². The zero-order chi connectivity index (χ0) is 18.6. The number of nitrogens with zero attached hydrogens (tertiary/aromatic N) is 4. The summed E-state index contributed by atoms with van der Waals surface area (Å²) in [7, 11) is 0. The van der Waals surface area contributed by atoms with Crippen LogP contribution in [0.1, 0.15) is 36.8 Å². The first-order valence-corrected chi connectivity index (χ1v) is 9.00. The Bertz CT molecular complexity index is 928. The van der Waals surface area contributed by atoms with Crippen LogP contribution in [-0.4, -0.2) is 32.5 Å². The number of halogens is 1. The van der Waals surface area contributed by atoms with Crippen molar-refractivity contribution in [3.8, 4) is 11.6 Å². The average Bonchev–Trinajstić information content (AvgIpc) is 3.37. The molecule has 3 heterocycles. The van der Waals surface area contributed by atoms with Crippen LogP contribution >= 0.6 is 0 Å². The molecule has 1 amide bonds. The van der Waals surface area contributed by atoms with Gasteiger partial charge in [0.05, 0.1) is 0 Å². The summed E-state index contributed by atoms with van der Waals surface area (Å²) in [5, 5.41) is 8.19. The monoisotopic (exact) mass is 366 g/mol. The molecule has 0 N–H and O–H groups in total. The lowest BCUT2D eigenvalue weighted by Crippen LogP contribution is -2.31. The van der Waals surface area contributed by atoms with Gasteiger partial charge in [0.25, 0.3) is 5.89 Å². The van der Waals surface area contributed by atoms with Crippen molar-refractivity contribution in [1.29, 1.82) is 0 Å². The van der Waals surface area contributed by atoms with Gasteiger partial charge in [-0.05, 0) is 43.0 Å². The molecule has 0 radical (unpaired) electrons. The van der Waals surface area contributed by atoms with Crippen LogP contribution in [-0.2, 0) is 11.2 Å². The number of likely N-dealkylation sites (tertiary alicyclic amines) is 1. The summed E-state index contributed by atoms with van der Waals surface area (Å²) in [6, 6.07) is 11.8. The van der Waals surface area contributed by atoms with E-state index >= 15 is 0 Å². The van der Waals surface area contributed by atoms with Gasteiger partial charge in [0, 0.05) is 19.2 Å². The fraction of sp³-hybridized carbons (Fsp3) is 0.300. The molecule has 6 nitrogen and oxygen atoms in total. The minimum Gasteiger partial charge on any atom is -0.417 e. The Hall–Kier alpha value is -3.09. The van der Waals surface area contributed by atoms with Gasteiger partial charge in [0.2, 0.25) is 11.8 Å². The molecule has 1 saturated heterocycles. The van der Waals surface area contributed by atoms with E-state index < -0.39 is 0 Å². The van der Waals surface area contributed by atoms with Gasteiger partial charge in [-0.2, -0.15) is 0 Å². The van der Waals surface area contributed by atoms with Crippen LogP contribution in [0, 0.1) is 5.82 Å². The third kappa shape index (κ3) is 3.72. The Morgan fingerprint density at radius 2 is 2.04 bits per heavy atom. The Morgan fingerprint density at radius 3 is 2.85 bits per heavy atom. The van der Waals surface area contributed by atoms with Crippen molar-refractivity contribution in [2.24, 2.45) is 0 Å². The van der Waals surface area contributed by atoms with Gasteiger partial charge in [-0.15, -0.1) is 10.2 Å². The SMILES string of the molecule is O=C(CCc1ccccc1F)N1CCCC1c1nnc(-c2ccccn2)o1. The number of hydrogen-bond acceptors (Lipinski definition) is 5. The van der Waals surface area contributed by atoms with E-state index in [9.17, 15) is 9.18 Å². The number of rotatable bonds is 5. The molecule has 2 aromatic heterocycles. The number of carbonyl (C=O) groups is 1. The molecule has 1 aromatic carbocycles. The predicted molar refractivity (Wildman–Crippen MR) is 95.9 cm³/mol. The van der Waals surface area contributed by atoms with Crippen LogP contribution in [0.15, 0.2) is 53.1 Å². The maximum atomic E-state index is 13.8. The van der Waals surface area contributed by atoms with Gasteiger partial charge in [-0.3, -0.25) is 9.78 Å². The third-order valence-corrected chi connectivity index (χ3v) is 4.75. The van der Waals surface area contributed by atoms with Crippen LogP contribution in [0.4, 0.5) is 4.39 Å². The summed E-state index contributed by atoms with van der Waals surface area (Å²) in [5.74, 6) is 0.460. The number of carbonyl (C=O) groups excluding carboxylic acids is 1. The van der Waals surface area contributed by atoms with Gasteiger partial charge in [0.15, 0.2) is 0 Å². The van der Waals surface area contributed by atoms with Crippen molar-refractivity contribution in [3.05, 3.63) is 65.9 Å². The molecule has 0 saturated carbocycles. The molecule has 138 valence electrons. The second-order valence-electron chi connectivity index (χ2n) is 6.50. The number of amides is 1. The second kappa shape index (κ2) is 7.65. The molecule has 0 aliphatic carbocycles. The highest BCUT2D eigenvalue weighted by Crippen LogP contribution is 2.33. The fourth-order valence-electron chi connectivity index (χ4n) is 3.37. The van der Waals surface area contributed by atoms with Gasteiger partial charge in [-0.25, -0.2) is 4.39 Å². The van der Waals surface area contributed by atoms with Gasteiger partial charge in [-0.1, -0.05) is 24.3 Å². The largest absolute Gasteiger partial charge is 0.417 e. The number of aromatic nitrogens is 3. The number of aryl methyl sites for hydroxylation is 1. The van der Waals surface area contributed by atoms with E-state index in [1.54, 1.807) is 35.4 Å². The summed E-state index contributed by atoms with van der Waals surface area (Å²) in [6.45, 7) is 0.641. The standard InChI is InChI=1S/C20H19FN4O2/c21-15-7-2-1-6-14(15)10-11-18(26)25-13-5-9-17(25)20-24-23-19(27-20)16-8-3-4-12-22-16/h1-4,6-8,12,17H,5,9-11,13H2. The molecule has 4 rings (SSSR count). The molecule has 0 bridgehead atoms. The molecular weight excluding hydrogens is 347 g/mol. The van der Waals surface area contributed by atoms with Gasteiger partial charge in [0.1, 0.15) is 17.6 Å². The van der Waals surface area contributed by atoms with Crippen molar-refractivity contribution < 1.29 is 13.6 Å². The average molecular weight is 366 g/mol. The quantitative estimate of drug-likeness (QED) is 0.690. The lowest BCUT2D eigenvalue weighted by molar-refractivity contribution is -0.132. The summed E-state index contributed by atoms with van der Waals surface area (Å²) in [4.78, 5) is 18.7. The van der Waals surface area contributed by atoms with E-state index in [4.69, 9.17) is 4.42 Å². The highest BCUT2D eigenvalue weighted by Gasteiger charge is 2.33. The predicted octanol–water partition coefficient (Wildman–Crippen LogP) is 3.57. The minimum absolute atomic E-state index is 0.0293. The third-order valence-electron chi connectivity index (χ3n) is 4.75. The zero-order valence-electron chi connectivity index (χ0n) is 14.7. The van der Waals surface area contributed by atoms with Crippen LogP contribution in [0.3, 0.4) is 0 Å². The van der Waals surface area contributed by atoms with Crippen LogP contribution in [0.5, 0.6) is 0 Å². The topological polar surface area (TPSA) is 72.1 Å². The van der Waals surface area contributed by atoms with E-state index in [0.717, 1.165) is 12.8 Å². The molecule has 27 heavy (non-hydrogen) atoms. The first-order valence-electron chi connectivity index (χ1n) is 9.00. The summed E-state index contributed by atoms with van der Waals surface area (Å²) in [6.07, 6.45) is 3.93. The van der Waals surface area contributed by atoms with Crippen LogP contribution < -0.4 is 0 Å². The van der Waals surface area contributed by atoms with Gasteiger partial charge >= 0.3 is 0 Å².